The van der Waals surface area contributed by atoms with Gasteiger partial charge in [-0.3, -0.25) is 0 Å². The van der Waals surface area contributed by atoms with Crippen LogP contribution in [0, 0.1) is 5.92 Å². The van der Waals surface area contributed by atoms with Gasteiger partial charge in [-0.05, 0) is 46.5 Å². The van der Waals surface area contributed by atoms with Crippen LogP contribution in [0.2, 0.25) is 0 Å². The zero-order chi connectivity index (χ0) is 13.0. The summed E-state index contributed by atoms with van der Waals surface area (Å²) >= 11 is 6.95. The monoisotopic (exact) mass is 375 g/mol. The Morgan fingerprint density at radius 3 is 2.72 bits per heavy atom. The number of benzene rings is 1. The third-order valence-corrected chi connectivity index (χ3v) is 4.72. The van der Waals surface area contributed by atoms with E-state index < -0.39 is 0 Å². The molecule has 2 nitrogen and oxygen atoms in total. The molecule has 0 spiro atoms. The first-order valence-electron chi connectivity index (χ1n) is 6.52. The zero-order valence-electron chi connectivity index (χ0n) is 10.3. The maximum absolute atomic E-state index is 10.0. The molecule has 1 aliphatic carbocycles. The van der Waals surface area contributed by atoms with E-state index in [4.69, 9.17) is 0 Å². The molecule has 1 atom stereocenters. The van der Waals surface area contributed by atoms with Crippen LogP contribution < -0.4 is 5.32 Å². The number of anilines is 1. The third kappa shape index (κ3) is 4.25. The van der Waals surface area contributed by atoms with Crippen LogP contribution in [-0.2, 0) is 0 Å². The summed E-state index contributed by atoms with van der Waals surface area (Å²) in [5, 5.41) is 13.3. The highest BCUT2D eigenvalue weighted by atomic mass is 79.9. The number of aliphatic hydroxyl groups is 1. The van der Waals surface area contributed by atoms with E-state index >= 15 is 0 Å². The second-order valence-corrected chi connectivity index (χ2v) is 6.82. The molecule has 0 aliphatic heterocycles. The predicted molar refractivity (Wildman–Crippen MR) is 82.9 cm³/mol. The van der Waals surface area contributed by atoms with E-state index in [1.807, 2.05) is 18.2 Å². The van der Waals surface area contributed by atoms with Crippen molar-refractivity contribution in [3.8, 4) is 0 Å². The van der Waals surface area contributed by atoms with Crippen molar-refractivity contribution >= 4 is 37.5 Å². The average molecular weight is 377 g/mol. The van der Waals surface area contributed by atoms with Crippen LogP contribution in [0.15, 0.2) is 27.1 Å². The molecule has 100 valence electrons. The normalized spacial score (nSPS) is 17.9. The molecule has 1 saturated carbocycles. The second-order valence-electron chi connectivity index (χ2n) is 5.05. The summed E-state index contributed by atoms with van der Waals surface area (Å²) in [5.74, 6) is 0.729. The molecule has 2 N–H and O–H groups in total. The Morgan fingerprint density at radius 2 is 2.00 bits per heavy atom. The van der Waals surface area contributed by atoms with Gasteiger partial charge in [-0.15, -0.1) is 0 Å². The lowest BCUT2D eigenvalue weighted by Crippen LogP contribution is -2.22. The highest BCUT2D eigenvalue weighted by Crippen LogP contribution is 2.29. The third-order valence-electron chi connectivity index (χ3n) is 3.54. The van der Waals surface area contributed by atoms with Crippen LogP contribution in [0.4, 0.5) is 5.69 Å². The van der Waals surface area contributed by atoms with Gasteiger partial charge >= 0.3 is 0 Å². The largest absolute Gasteiger partial charge is 0.391 e. The molecule has 1 fully saturated rings. The van der Waals surface area contributed by atoms with Gasteiger partial charge in [0, 0.05) is 21.2 Å². The summed E-state index contributed by atoms with van der Waals surface area (Å²) in [6, 6.07) is 6.01. The first-order valence-corrected chi connectivity index (χ1v) is 8.10. The summed E-state index contributed by atoms with van der Waals surface area (Å²) in [7, 11) is 0. The Kier molecular flexibility index (Phi) is 5.52. The molecule has 1 aliphatic rings. The van der Waals surface area contributed by atoms with Crippen LogP contribution in [-0.4, -0.2) is 17.8 Å². The van der Waals surface area contributed by atoms with Gasteiger partial charge in [0.25, 0.3) is 0 Å². The van der Waals surface area contributed by atoms with E-state index in [2.05, 4.69) is 37.2 Å². The lowest BCUT2D eigenvalue weighted by atomic mass is 10.00. The maximum Gasteiger partial charge on any atom is 0.0715 e. The minimum Gasteiger partial charge on any atom is -0.391 e. The number of nitrogens with one attached hydrogen (secondary N) is 1. The molecular weight excluding hydrogens is 358 g/mol. The Bertz CT molecular complexity index is 391. The molecule has 4 heteroatoms. The van der Waals surface area contributed by atoms with Crippen molar-refractivity contribution in [2.75, 3.05) is 11.9 Å². The molecular formula is C14H19Br2NO. The van der Waals surface area contributed by atoms with E-state index in [1.54, 1.807) is 0 Å². The van der Waals surface area contributed by atoms with Crippen LogP contribution in [0.1, 0.15) is 32.1 Å². The van der Waals surface area contributed by atoms with Crippen molar-refractivity contribution in [3.63, 3.8) is 0 Å². The highest BCUT2D eigenvalue weighted by molar-refractivity contribution is 9.11. The SMILES string of the molecule is OC(CNc1cc(Br)ccc1Br)CC1CCCC1. The summed E-state index contributed by atoms with van der Waals surface area (Å²) in [5.41, 5.74) is 1.02. The van der Waals surface area contributed by atoms with E-state index in [-0.39, 0.29) is 6.10 Å². The van der Waals surface area contributed by atoms with Crippen molar-refractivity contribution in [2.45, 2.75) is 38.2 Å². The zero-order valence-corrected chi connectivity index (χ0v) is 13.5. The van der Waals surface area contributed by atoms with Gasteiger partial charge < -0.3 is 10.4 Å². The van der Waals surface area contributed by atoms with Gasteiger partial charge in [0.05, 0.1) is 6.10 Å². The number of halogens is 2. The first kappa shape index (κ1) is 14.4. The molecule has 0 saturated heterocycles. The topological polar surface area (TPSA) is 32.3 Å². The van der Waals surface area contributed by atoms with Gasteiger partial charge in [-0.25, -0.2) is 0 Å². The van der Waals surface area contributed by atoms with E-state index in [0.717, 1.165) is 27.0 Å². The smallest absolute Gasteiger partial charge is 0.0715 e. The molecule has 0 aromatic heterocycles. The first-order chi connectivity index (χ1) is 8.65. The molecule has 0 radical (unpaired) electrons. The van der Waals surface area contributed by atoms with Crippen molar-refractivity contribution in [2.24, 2.45) is 5.92 Å². The molecule has 18 heavy (non-hydrogen) atoms. The van der Waals surface area contributed by atoms with Crippen LogP contribution >= 0.6 is 31.9 Å². The lowest BCUT2D eigenvalue weighted by molar-refractivity contribution is 0.155. The van der Waals surface area contributed by atoms with Gasteiger partial charge in [-0.1, -0.05) is 41.6 Å². The standard InChI is InChI=1S/C14H19Br2NO/c15-11-5-6-13(16)14(8-11)17-9-12(18)7-10-3-1-2-4-10/h5-6,8,10,12,17-18H,1-4,7,9H2. The lowest BCUT2D eigenvalue weighted by Gasteiger charge is -2.17. The van der Waals surface area contributed by atoms with Crippen LogP contribution in [0.5, 0.6) is 0 Å². The van der Waals surface area contributed by atoms with Crippen molar-refractivity contribution in [1.29, 1.82) is 0 Å². The fraction of sp³-hybridized carbons (Fsp3) is 0.571. The van der Waals surface area contributed by atoms with E-state index in [1.165, 1.54) is 25.7 Å². The minimum absolute atomic E-state index is 0.251. The number of hydrogen-bond acceptors (Lipinski definition) is 2. The second kappa shape index (κ2) is 6.92. The molecule has 1 aromatic carbocycles. The molecule has 0 bridgehead atoms. The molecule has 1 unspecified atom stereocenters. The molecule has 1 aromatic rings. The van der Waals surface area contributed by atoms with E-state index in [9.17, 15) is 5.11 Å². The Labute approximate surface area is 125 Å². The maximum atomic E-state index is 10.0. The predicted octanol–water partition coefficient (Wildman–Crippen LogP) is 4.56. The Hall–Kier alpha value is -0.0600. The number of hydrogen-bond donors (Lipinski definition) is 2. The molecule has 0 heterocycles. The summed E-state index contributed by atoms with van der Waals surface area (Å²) in [6.07, 6.45) is 5.93. The summed E-state index contributed by atoms with van der Waals surface area (Å²) < 4.78 is 2.07. The van der Waals surface area contributed by atoms with Crippen LogP contribution in [0.25, 0.3) is 0 Å². The highest BCUT2D eigenvalue weighted by Gasteiger charge is 2.18. The number of rotatable bonds is 5. The fourth-order valence-electron chi connectivity index (χ4n) is 2.57. The number of aliphatic hydroxyl groups excluding tert-OH is 1. The minimum atomic E-state index is -0.251. The van der Waals surface area contributed by atoms with Gasteiger partial charge in [0.1, 0.15) is 0 Å². The van der Waals surface area contributed by atoms with Crippen LogP contribution in [0.3, 0.4) is 0 Å². The molecule has 2 rings (SSSR count). The fourth-order valence-corrected chi connectivity index (χ4v) is 3.32. The Balaban J connectivity index is 1.81. The average Bonchev–Trinajstić information content (AvgIpc) is 2.83. The van der Waals surface area contributed by atoms with Crippen molar-refractivity contribution in [1.82, 2.24) is 0 Å². The van der Waals surface area contributed by atoms with Gasteiger partial charge in [0.15, 0.2) is 0 Å². The van der Waals surface area contributed by atoms with E-state index in [0.29, 0.717) is 6.54 Å². The van der Waals surface area contributed by atoms with Crippen molar-refractivity contribution in [3.05, 3.63) is 27.1 Å². The quantitative estimate of drug-likeness (QED) is 0.789. The Morgan fingerprint density at radius 1 is 1.28 bits per heavy atom. The van der Waals surface area contributed by atoms with Gasteiger partial charge in [-0.2, -0.15) is 0 Å². The summed E-state index contributed by atoms with van der Waals surface area (Å²) in [4.78, 5) is 0. The van der Waals surface area contributed by atoms with Crippen molar-refractivity contribution < 1.29 is 5.11 Å². The van der Waals surface area contributed by atoms with Gasteiger partial charge in [0.2, 0.25) is 0 Å². The molecule has 0 amide bonds. The summed E-state index contributed by atoms with van der Waals surface area (Å²) in [6.45, 7) is 0.617.